The van der Waals surface area contributed by atoms with Crippen LogP contribution in [0.15, 0.2) is 12.2 Å². The van der Waals surface area contributed by atoms with E-state index in [1.165, 1.54) is 19.1 Å². The van der Waals surface area contributed by atoms with Crippen molar-refractivity contribution in [2.75, 3.05) is 13.1 Å². The third-order valence-electron chi connectivity index (χ3n) is 6.16. The summed E-state index contributed by atoms with van der Waals surface area (Å²) in [4.78, 5) is 75.3. The Morgan fingerprint density at radius 1 is 0.875 bits per heavy atom. The van der Waals surface area contributed by atoms with Gasteiger partial charge < -0.3 is 26.4 Å². The highest BCUT2D eigenvalue weighted by atomic mass is 16.6. The molecule has 0 spiro atoms. The number of amides is 5. The molecule has 1 aliphatic heterocycles. The van der Waals surface area contributed by atoms with E-state index >= 15 is 0 Å². The maximum Gasteiger partial charge on any atom is 0.329 e. The van der Waals surface area contributed by atoms with E-state index in [4.69, 9.17) is 10.5 Å². The molecule has 1 unspecified atom stereocenters. The first-order valence-corrected chi connectivity index (χ1v) is 14.0. The smallest absolute Gasteiger partial charge is 0.329 e. The monoisotopic (exact) mass is 565 g/mol. The molecule has 226 valence electrons. The van der Waals surface area contributed by atoms with Crippen molar-refractivity contribution in [3.8, 4) is 0 Å². The zero-order valence-corrected chi connectivity index (χ0v) is 24.7. The second-order valence-corrected chi connectivity index (χ2v) is 11.4. The zero-order chi connectivity index (χ0) is 30.5. The molecule has 0 aliphatic carbocycles. The number of hydrogen-bond donors (Lipinski definition) is 4. The van der Waals surface area contributed by atoms with E-state index in [-0.39, 0.29) is 30.1 Å². The molecule has 1 rings (SSSR count). The molecule has 12 nitrogen and oxygen atoms in total. The number of imide groups is 1. The molecule has 0 bridgehead atoms. The second kappa shape index (κ2) is 16.7. The average molecular weight is 566 g/mol. The molecule has 40 heavy (non-hydrogen) atoms. The van der Waals surface area contributed by atoms with Gasteiger partial charge in [-0.2, -0.15) is 0 Å². The largest absolute Gasteiger partial charge is 0.458 e. The third-order valence-corrected chi connectivity index (χ3v) is 6.16. The summed E-state index contributed by atoms with van der Waals surface area (Å²) >= 11 is 0. The molecule has 0 saturated heterocycles. The van der Waals surface area contributed by atoms with Crippen LogP contribution in [-0.4, -0.2) is 77.2 Å². The lowest BCUT2D eigenvalue weighted by Gasteiger charge is -2.27. The van der Waals surface area contributed by atoms with Gasteiger partial charge in [-0.05, 0) is 72.3 Å². The van der Waals surface area contributed by atoms with Crippen LogP contribution in [0.2, 0.25) is 0 Å². The highest BCUT2D eigenvalue weighted by molar-refractivity contribution is 6.12. The topological polar surface area (TPSA) is 177 Å². The van der Waals surface area contributed by atoms with Gasteiger partial charge in [-0.1, -0.05) is 20.3 Å². The number of rotatable bonds is 17. The molecule has 0 aromatic heterocycles. The van der Waals surface area contributed by atoms with Crippen molar-refractivity contribution < 1.29 is 33.5 Å². The second-order valence-electron chi connectivity index (χ2n) is 11.4. The predicted molar refractivity (Wildman–Crippen MR) is 149 cm³/mol. The fraction of sp³-hybridized carbons (Fsp3) is 0.714. The summed E-state index contributed by atoms with van der Waals surface area (Å²) in [5.74, 6) is -2.83. The summed E-state index contributed by atoms with van der Waals surface area (Å²) in [5.41, 5.74) is 4.83. The normalized spacial score (nSPS) is 15.6. The SMILES string of the molecule is CC(C)C(NC(=O)CCCCCN1C(=O)C=CC1=O)C(=O)N[C@@H](C)C(=O)N[C@@H](CCCCN)C(=O)OC(C)(C)C. The zero-order valence-electron chi connectivity index (χ0n) is 24.7. The average Bonchev–Trinajstić information content (AvgIpc) is 3.17. The van der Waals surface area contributed by atoms with Crippen LogP contribution in [0, 0.1) is 5.92 Å². The Morgan fingerprint density at radius 2 is 1.50 bits per heavy atom. The van der Waals surface area contributed by atoms with Gasteiger partial charge in [0.05, 0.1) is 0 Å². The minimum Gasteiger partial charge on any atom is -0.458 e. The molecule has 1 aliphatic rings. The summed E-state index contributed by atoms with van der Waals surface area (Å²) in [6.45, 7) is 11.0. The van der Waals surface area contributed by atoms with E-state index in [1.807, 2.05) is 0 Å². The fourth-order valence-corrected chi connectivity index (χ4v) is 3.94. The van der Waals surface area contributed by atoms with Crippen molar-refractivity contribution >= 4 is 35.5 Å². The van der Waals surface area contributed by atoms with E-state index in [9.17, 15) is 28.8 Å². The number of nitrogens with two attached hydrogens (primary N) is 1. The lowest BCUT2D eigenvalue weighted by Crippen LogP contribution is -2.56. The van der Waals surface area contributed by atoms with Crippen molar-refractivity contribution in [2.45, 2.75) is 110 Å². The van der Waals surface area contributed by atoms with Gasteiger partial charge in [0, 0.05) is 25.1 Å². The van der Waals surface area contributed by atoms with Gasteiger partial charge in [0.15, 0.2) is 0 Å². The predicted octanol–water partition coefficient (Wildman–Crippen LogP) is 1.07. The van der Waals surface area contributed by atoms with E-state index in [0.29, 0.717) is 51.6 Å². The maximum atomic E-state index is 13.0. The summed E-state index contributed by atoms with van der Waals surface area (Å²) in [7, 11) is 0. The van der Waals surface area contributed by atoms with Crippen LogP contribution < -0.4 is 21.7 Å². The van der Waals surface area contributed by atoms with Crippen molar-refractivity contribution in [3.05, 3.63) is 12.2 Å². The first kappa shape index (κ1) is 34.7. The Kier molecular flexibility index (Phi) is 14.5. The van der Waals surface area contributed by atoms with Crippen LogP contribution in [0.5, 0.6) is 0 Å². The molecule has 1 heterocycles. The van der Waals surface area contributed by atoms with E-state index in [0.717, 1.165) is 4.90 Å². The summed E-state index contributed by atoms with van der Waals surface area (Å²) in [5, 5.41) is 8.03. The Labute approximate surface area is 237 Å². The van der Waals surface area contributed by atoms with Crippen LogP contribution in [0.4, 0.5) is 0 Å². The van der Waals surface area contributed by atoms with Gasteiger partial charge in [0.25, 0.3) is 11.8 Å². The molecule has 5 N–H and O–H groups in total. The van der Waals surface area contributed by atoms with Crippen LogP contribution in [-0.2, 0) is 33.5 Å². The van der Waals surface area contributed by atoms with Crippen LogP contribution in [0.3, 0.4) is 0 Å². The summed E-state index contributed by atoms with van der Waals surface area (Å²) in [6.07, 6.45) is 6.03. The van der Waals surface area contributed by atoms with Gasteiger partial charge in [-0.25, -0.2) is 4.79 Å². The van der Waals surface area contributed by atoms with Gasteiger partial charge in [0.2, 0.25) is 17.7 Å². The highest BCUT2D eigenvalue weighted by Gasteiger charge is 2.30. The Balaban J connectivity index is 2.58. The van der Waals surface area contributed by atoms with Crippen molar-refractivity contribution in [1.82, 2.24) is 20.9 Å². The number of carbonyl (C=O) groups is 6. The van der Waals surface area contributed by atoms with Crippen molar-refractivity contribution in [3.63, 3.8) is 0 Å². The van der Waals surface area contributed by atoms with Crippen LogP contribution in [0.1, 0.15) is 86.5 Å². The first-order chi connectivity index (χ1) is 18.7. The van der Waals surface area contributed by atoms with Gasteiger partial charge in [-0.3, -0.25) is 28.9 Å². The molecule has 0 aromatic rings. The number of unbranched alkanes of at least 4 members (excludes halogenated alkanes) is 3. The first-order valence-electron chi connectivity index (χ1n) is 14.0. The van der Waals surface area contributed by atoms with Crippen LogP contribution in [0.25, 0.3) is 0 Å². The fourth-order valence-electron chi connectivity index (χ4n) is 3.94. The molecule has 12 heteroatoms. The molecule has 0 saturated carbocycles. The quantitative estimate of drug-likeness (QED) is 0.115. The number of nitrogens with one attached hydrogen (secondary N) is 3. The number of nitrogens with zero attached hydrogens (tertiary/aromatic N) is 1. The van der Waals surface area contributed by atoms with Crippen molar-refractivity contribution in [2.24, 2.45) is 11.7 Å². The van der Waals surface area contributed by atoms with E-state index in [2.05, 4.69) is 16.0 Å². The molecular formula is C28H47N5O7. The van der Waals surface area contributed by atoms with E-state index < -0.39 is 41.5 Å². The molecule has 0 aromatic carbocycles. The summed E-state index contributed by atoms with van der Waals surface area (Å²) < 4.78 is 5.43. The number of esters is 1. The standard InChI is InChI=1S/C28H47N5O7/c1-18(2)24(32-21(34)13-8-7-11-17-33-22(35)14-15-23(33)36)26(38)30-19(3)25(37)31-20(12-9-10-16-29)27(39)40-28(4,5)6/h14-15,18-20,24H,7-13,16-17,29H2,1-6H3,(H,30,38)(H,31,37)(H,32,34)/t19-,20-,24?/m0/s1. The number of ether oxygens (including phenoxy) is 1. The van der Waals surface area contributed by atoms with Gasteiger partial charge in [-0.15, -0.1) is 0 Å². The number of hydrogen-bond acceptors (Lipinski definition) is 8. The lowest BCUT2D eigenvalue weighted by molar-refractivity contribution is -0.159. The molecule has 5 amide bonds. The molecule has 0 radical (unpaired) electrons. The van der Waals surface area contributed by atoms with Gasteiger partial charge >= 0.3 is 5.97 Å². The maximum absolute atomic E-state index is 13.0. The molecule has 3 atom stereocenters. The Morgan fingerprint density at radius 3 is 2.05 bits per heavy atom. The molecular weight excluding hydrogens is 518 g/mol. The lowest BCUT2D eigenvalue weighted by atomic mass is 10.0. The third kappa shape index (κ3) is 12.7. The van der Waals surface area contributed by atoms with Crippen molar-refractivity contribution in [1.29, 1.82) is 0 Å². The Hall–Kier alpha value is -3.28. The minimum atomic E-state index is -0.962. The number of carbonyl (C=O) groups excluding carboxylic acids is 6. The highest BCUT2D eigenvalue weighted by Crippen LogP contribution is 2.12. The van der Waals surface area contributed by atoms with Gasteiger partial charge in [0.1, 0.15) is 23.7 Å². The molecule has 0 fully saturated rings. The van der Waals surface area contributed by atoms with E-state index in [1.54, 1.807) is 34.6 Å². The Bertz CT molecular complexity index is 924. The summed E-state index contributed by atoms with van der Waals surface area (Å²) in [6, 6.07) is -2.70. The van der Waals surface area contributed by atoms with Crippen LogP contribution >= 0.6 is 0 Å². The minimum absolute atomic E-state index is 0.174.